The summed E-state index contributed by atoms with van der Waals surface area (Å²) in [7, 11) is 0. The third-order valence-electron chi connectivity index (χ3n) is 22.4. The maximum atomic E-state index is 4.95. The molecule has 21 nitrogen and oxygen atoms in total. The molecule has 0 unspecified atom stereocenters. The molecule has 115 heavy (non-hydrogen) atoms. The first-order valence-corrected chi connectivity index (χ1v) is 42.6. The molecule has 1 radical (unpaired) electrons. The van der Waals surface area contributed by atoms with Crippen LogP contribution in [0.4, 0.5) is 35.3 Å². The Morgan fingerprint density at radius 1 is 0.365 bits per heavy atom. The van der Waals surface area contributed by atoms with Gasteiger partial charge in [-0.25, -0.2) is 15.0 Å². The normalized spacial score (nSPS) is 17.6. The van der Waals surface area contributed by atoms with Gasteiger partial charge >= 0.3 is 0 Å². The topological polar surface area (TPSA) is 232 Å². The van der Waals surface area contributed by atoms with E-state index in [-0.39, 0.29) is 62.2 Å². The summed E-state index contributed by atoms with van der Waals surface area (Å²) in [6.07, 6.45) is 24.2. The van der Waals surface area contributed by atoms with Gasteiger partial charge < -0.3 is 61.1 Å². The molecule has 0 aliphatic heterocycles. The smallest absolute Gasteiger partial charge is 0.227 e. The van der Waals surface area contributed by atoms with Gasteiger partial charge in [0, 0.05) is 112 Å². The second-order valence-electron chi connectivity index (χ2n) is 32.1. The van der Waals surface area contributed by atoms with Gasteiger partial charge in [0.05, 0.1) is 19.0 Å². The Labute approximate surface area is 718 Å². The molecule has 22 heteroatoms. The molecule has 3 aliphatic rings. The van der Waals surface area contributed by atoms with Crippen LogP contribution in [0.2, 0.25) is 0 Å². The Morgan fingerprint density at radius 3 is 0.991 bits per heavy atom. The van der Waals surface area contributed by atoms with Crippen molar-refractivity contribution in [2.24, 2.45) is 0 Å². The number of aromatic nitrogens is 12. The van der Waals surface area contributed by atoms with E-state index in [1.165, 1.54) is 108 Å². The van der Waals surface area contributed by atoms with Gasteiger partial charge in [0.25, 0.3) is 0 Å². The Bertz CT molecular complexity index is 4660. The van der Waals surface area contributed by atoms with Gasteiger partial charge in [0.1, 0.15) is 0 Å². The van der Waals surface area contributed by atoms with Crippen molar-refractivity contribution in [3.8, 4) is 33.4 Å². The van der Waals surface area contributed by atoms with Gasteiger partial charge in [-0.3, -0.25) is 0 Å². The zero-order chi connectivity index (χ0) is 79.1. The van der Waals surface area contributed by atoms with Crippen LogP contribution in [0.15, 0.2) is 183 Å². The van der Waals surface area contributed by atoms with Crippen molar-refractivity contribution < 1.29 is 44.1 Å². The molecule has 7 N–H and O–H groups in total. The number of imidazole rings is 3. The van der Waals surface area contributed by atoms with Crippen LogP contribution in [0.1, 0.15) is 207 Å². The van der Waals surface area contributed by atoms with Crippen molar-refractivity contribution in [3.63, 3.8) is 0 Å². The van der Waals surface area contributed by atoms with Crippen LogP contribution in [-0.2, 0) is 19.6 Å². The van der Waals surface area contributed by atoms with Crippen molar-refractivity contribution in [1.29, 1.82) is 0 Å². The minimum atomic E-state index is 0. The third-order valence-corrected chi connectivity index (χ3v) is 22.4. The van der Waals surface area contributed by atoms with Crippen LogP contribution >= 0.6 is 0 Å². The largest absolute Gasteiger partial charge is 0.660 e. The van der Waals surface area contributed by atoms with Gasteiger partial charge in [0.2, 0.25) is 17.8 Å². The van der Waals surface area contributed by atoms with E-state index in [0.29, 0.717) is 73.7 Å². The molecule has 0 saturated heterocycles. The fourth-order valence-corrected chi connectivity index (χ4v) is 16.0. The molecule has 603 valence electrons. The van der Waals surface area contributed by atoms with Crippen molar-refractivity contribution in [1.82, 2.24) is 68.8 Å². The summed E-state index contributed by atoms with van der Waals surface area (Å²) >= 11 is 0. The molecular formula is C93H122AcN21-. The molecule has 6 aromatic carbocycles. The SMILES string of the molecule is CCCN(CCC)C1CCC(Nc2nc(NCc3ccc(-c4ccccc4)cc3)c3ncn(C(C)C)c3n2)CC1.CCCNC1CCC(Nc2nc(NCc3ccc(-c4ccccc4)cc3)c3ncn(C(C)C)c3n2)CC1.CCC[N-]C1CCC(Nc2nc(NCc3ccc(-c4ccccc4)cc3)c3ncn(C(C)C)c3n2)CC1.[Ac]. The molecule has 3 aliphatic carbocycles. The van der Waals surface area contributed by atoms with Crippen molar-refractivity contribution in [2.75, 3.05) is 58.1 Å². The van der Waals surface area contributed by atoms with Crippen LogP contribution in [0, 0.1) is 44.1 Å². The quantitative estimate of drug-likeness (QED) is 0.0208. The van der Waals surface area contributed by atoms with Crippen LogP contribution in [0.25, 0.3) is 72.2 Å². The average molecular weight is 1760 g/mol. The van der Waals surface area contributed by atoms with Crippen molar-refractivity contribution in [3.05, 3.63) is 205 Å². The summed E-state index contributed by atoms with van der Waals surface area (Å²) in [5.41, 5.74) is 16.0. The zero-order valence-electron chi connectivity index (χ0n) is 69.6. The third kappa shape index (κ3) is 23.3. The maximum absolute atomic E-state index is 4.95. The number of benzene rings is 6. The number of nitrogens with zero attached hydrogens (tertiary/aromatic N) is 14. The standard InChI is InChI=1S/C33H45N7.C30H39N7.C30H38N7.Ac/c1-5-20-39(21-6-2)29-18-16-28(17-19-29)36-33-37-31(30-32(38-33)40(23-35-30)24(3)4)34-22-25-12-14-27(15-13-25)26-10-8-7-9-11-26;2*1-4-18-31-25-14-16-26(17-15-25)34-30-35-28(27-29(36-30)37(20-33-27)21(2)3)32-19-22-10-12-24(13-11-22)23-8-6-5-7-9-23;/h7-15,23-24,28-29H,5-6,16-22H2,1-4H3,(H2,34,36,37,38);5-13,20-21,25-26,31H,4,14-19H2,1-3H3,(H2,32,34,35,36);5-13,20-21,25-26H,4,14-19H2,1-3H3,(H2,32,34,35,36);/q;;-1;. The Morgan fingerprint density at radius 2 is 0.678 bits per heavy atom. The fraction of sp³-hybridized carbons (Fsp3) is 0.452. The van der Waals surface area contributed by atoms with Gasteiger partial charge in [-0.05, 0) is 195 Å². The zero-order valence-corrected chi connectivity index (χ0v) is 74.4. The van der Waals surface area contributed by atoms with E-state index in [1.807, 2.05) is 37.2 Å². The number of anilines is 6. The molecular weight excluding hydrogens is 1640 g/mol. The van der Waals surface area contributed by atoms with E-state index in [2.05, 4.69) is 281 Å². The van der Waals surface area contributed by atoms with E-state index in [4.69, 9.17) is 40.2 Å². The summed E-state index contributed by atoms with van der Waals surface area (Å²) < 4.78 is 6.36. The molecule has 12 aromatic rings. The summed E-state index contributed by atoms with van der Waals surface area (Å²) in [4.78, 5) is 46.2. The number of hydrogen-bond donors (Lipinski definition) is 7. The summed E-state index contributed by atoms with van der Waals surface area (Å²) in [6.45, 7) is 28.4. The Hall–Kier alpha value is -8.91. The number of nitrogens with one attached hydrogen (secondary N) is 7. The molecule has 0 bridgehead atoms. The molecule has 0 spiro atoms. The summed E-state index contributed by atoms with van der Waals surface area (Å²) in [6, 6.07) is 61.3. The molecule has 3 fully saturated rings. The second kappa shape index (κ2) is 42.8. The van der Waals surface area contributed by atoms with Gasteiger partial charge in [0.15, 0.2) is 50.9 Å². The number of fused-ring (bicyclic) bond motifs is 3. The van der Waals surface area contributed by atoms with Gasteiger partial charge in [-0.1, -0.05) is 211 Å². The number of hydrogen-bond acceptors (Lipinski definition) is 17. The minimum Gasteiger partial charge on any atom is -0.660 e. The predicted octanol–water partition coefficient (Wildman–Crippen LogP) is 21.1. The van der Waals surface area contributed by atoms with Gasteiger partial charge in [-0.15, -0.1) is 12.6 Å². The van der Waals surface area contributed by atoms with Crippen LogP contribution in [0.5, 0.6) is 0 Å². The first-order chi connectivity index (χ1) is 55.8. The van der Waals surface area contributed by atoms with Crippen LogP contribution in [0.3, 0.4) is 0 Å². The molecule has 6 aromatic heterocycles. The Balaban J connectivity index is 0.000000159. The van der Waals surface area contributed by atoms with E-state index < -0.39 is 0 Å². The fourth-order valence-electron chi connectivity index (χ4n) is 16.0. The predicted molar refractivity (Wildman–Crippen MR) is 473 cm³/mol. The van der Waals surface area contributed by atoms with Crippen LogP contribution in [-0.4, -0.2) is 126 Å². The average Bonchev–Trinajstić information content (AvgIpc) is 1.67. The van der Waals surface area contributed by atoms with E-state index in [9.17, 15) is 0 Å². The summed E-state index contributed by atoms with van der Waals surface area (Å²) in [5, 5.41) is 30.1. The monoisotopic (exact) mass is 1760 g/mol. The molecule has 0 amide bonds. The van der Waals surface area contributed by atoms with E-state index in [0.717, 1.165) is 122 Å². The molecule has 0 atom stereocenters. The van der Waals surface area contributed by atoms with E-state index in [1.54, 1.807) is 0 Å². The molecule has 6 heterocycles. The van der Waals surface area contributed by atoms with Crippen LogP contribution < -0.4 is 37.2 Å². The Kier molecular flexibility index (Phi) is 31.8. The molecule has 15 rings (SSSR count). The first-order valence-electron chi connectivity index (χ1n) is 42.6. The molecule has 3 saturated carbocycles. The van der Waals surface area contributed by atoms with E-state index >= 15 is 0 Å². The second-order valence-corrected chi connectivity index (χ2v) is 32.1. The summed E-state index contributed by atoms with van der Waals surface area (Å²) in [5.74, 6) is 4.37. The maximum Gasteiger partial charge on any atom is 0.227 e. The van der Waals surface area contributed by atoms with Crippen molar-refractivity contribution in [2.45, 2.75) is 246 Å². The van der Waals surface area contributed by atoms with Gasteiger partial charge in [-0.2, -0.15) is 29.9 Å². The minimum absolute atomic E-state index is 0. The number of rotatable bonds is 32. The first kappa shape index (κ1) is 85.5. The van der Waals surface area contributed by atoms with Crippen molar-refractivity contribution >= 4 is 68.8 Å².